The summed E-state index contributed by atoms with van der Waals surface area (Å²) < 4.78 is 11.4. The summed E-state index contributed by atoms with van der Waals surface area (Å²) in [5.74, 6) is 0.709. The average molecular weight is 390 g/mol. The third kappa shape index (κ3) is 2.95. The molecular weight excluding hydrogens is 370 g/mol. The van der Waals surface area contributed by atoms with Gasteiger partial charge in [0, 0.05) is 22.6 Å². The fraction of sp³-hybridized carbons (Fsp3) is 0.474. The minimum Gasteiger partial charge on any atom is -0.507 e. The van der Waals surface area contributed by atoms with Gasteiger partial charge in [-0.2, -0.15) is 0 Å². The van der Waals surface area contributed by atoms with E-state index in [4.69, 9.17) is 21.1 Å². The molecule has 0 amide bonds. The highest BCUT2D eigenvalue weighted by molar-refractivity contribution is 6.30. The number of rotatable bonds is 3. The van der Waals surface area contributed by atoms with Crippen LogP contribution in [0, 0.1) is 0 Å². The number of aliphatic hydroxyl groups is 1. The van der Waals surface area contributed by atoms with E-state index in [0.29, 0.717) is 35.3 Å². The van der Waals surface area contributed by atoms with Gasteiger partial charge in [-0.15, -0.1) is 10.2 Å². The molecule has 0 spiro atoms. The maximum absolute atomic E-state index is 10.4. The minimum atomic E-state index is -0.580. The van der Waals surface area contributed by atoms with Gasteiger partial charge in [0.2, 0.25) is 0 Å². The molecule has 5 rings (SSSR count). The molecular formula is C19H20ClN3O4. The molecule has 8 heteroatoms. The van der Waals surface area contributed by atoms with Crippen molar-refractivity contribution in [1.29, 1.82) is 0 Å². The molecule has 2 bridgehead atoms. The number of nitrogens with zero attached hydrogens (tertiary/aromatic N) is 2. The number of aromatic hydroxyl groups is 1. The highest BCUT2D eigenvalue weighted by Gasteiger charge is 2.39. The minimum absolute atomic E-state index is 0.0515. The lowest BCUT2D eigenvalue weighted by molar-refractivity contribution is 0.0325. The van der Waals surface area contributed by atoms with Crippen molar-refractivity contribution in [1.82, 2.24) is 10.2 Å². The zero-order chi connectivity index (χ0) is 18.5. The van der Waals surface area contributed by atoms with Crippen molar-refractivity contribution in [2.45, 2.75) is 43.6 Å². The Bertz CT molecular complexity index is 893. The lowest BCUT2D eigenvalue weighted by atomic mass is 9.94. The number of hydrogen-bond acceptors (Lipinski definition) is 7. The van der Waals surface area contributed by atoms with Gasteiger partial charge < -0.3 is 25.0 Å². The number of aromatic nitrogens is 2. The summed E-state index contributed by atoms with van der Waals surface area (Å²) in [6.45, 7) is 0.734. The molecule has 3 aliphatic heterocycles. The van der Waals surface area contributed by atoms with Crippen molar-refractivity contribution >= 4 is 17.4 Å². The van der Waals surface area contributed by atoms with Gasteiger partial charge in [-0.1, -0.05) is 11.6 Å². The van der Waals surface area contributed by atoms with E-state index in [0.717, 1.165) is 30.4 Å². The summed E-state index contributed by atoms with van der Waals surface area (Å²) in [5, 5.41) is 33.0. The van der Waals surface area contributed by atoms with Crippen LogP contribution < -0.4 is 5.32 Å². The van der Waals surface area contributed by atoms with Gasteiger partial charge in [0.25, 0.3) is 0 Å². The first kappa shape index (κ1) is 17.2. The lowest BCUT2D eigenvalue weighted by Gasteiger charge is -2.28. The molecule has 0 unspecified atom stereocenters. The van der Waals surface area contributed by atoms with Crippen LogP contribution in [0.4, 0.5) is 5.82 Å². The quantitative estimate of drug-likeness (QED) is 0.741. The summed E-state index contributed by atoms with van der Waals surface area (Å²) in [4.78, 5) is 0. The fourth-order valence-corrected chi connectivity index (χ4v) is 4.38. The summed E-state index contributed by atoms with van der Waals surface area (Å²) in [6.07, 6.45) is 2.16. The number of phenolic OH excluding ortho intramolecular Hbond substituents is 1. The van der Waals surface area contributed by atoms with Gasteiger partial charge in [0.1, 0.15) is 11.4 Å². The fourth-order valence-electron chi connectivity index (χ4n) is 4.22. The molecule has 0 saturated carbocycles. The first-order chi connectivity index (χ1) is 13.1. The van der Waals surface area contributed by atoms with Crippen molar-refractivity contribution in [2.75, 3.05) is 18.5 Å². The molecule has 0 aliphatic carbocycles. The summed E-state index contributed by atoms with van der Waals surface area (Å²) in [5.41, 5.74) is 3.29. The number of anilines is 1. The number of benzene rings is 1. The molecule has 2 saturated heterocycles. The van der Waals surface area contributed by atoms with Crippen LogP contribution in [0.25, 0.3) is 11.3 Å². The van der Waals surface area contributed by atoms with E-state index in [-0.39, 0.29) is 24.0 Å². The van der Waals surface area contributed by atoms with Crippen molar-refractivity contribution in [3.8, 4) is 17.0 Å². The highest BCUT2D eigenvalue weighted by atomic mass is 35.5. The zero-order valence-corrected chi connectivity index (χ0v) is 15.3. The standard InChI is InChI=1S/C19H20ClN3O4/c20-9-1-3-11(14(24)5-9)18-12-6-10-2-4-16(27-10)17(12)19(23-22-18)21-13-7-26-8-15(13)25/h1,3,5,10,13,15-16,24-25H,2,4,6-8H2,(H,21,23)/t10-,13+,15+,16+/m1/s1. The summed E-state index contributed by atoms with van der Waals surface area (Å²) in [6, 6.07) is 4.78. The van der Waals surface area contributed by atoms with Gasteiger partial charge in [-0.3, -0.25) is 0 Å². The van der Waals surface area contributed by atoms with Crippen molar-refractivity contribution in [3.05, 3.63) is 34.3 Å². The Labute approximate surface area is 161 Å². The number of fused-ring (bicyclic) bond motifs is 4. The molecule has 1 aromatic heterocycles. The van der Waals surface area contributed by atoms with Crippen LogP contribution in [0.5, 0.6) is 5.75 Å². The number of phenols is 1. The number of hydrogen-bond donors (Lipinski definition) is 3. The van der Waals surface area contributed by atoms with Gasteiger partial charge >= 0.3 is 0 Å². The second kappa shape index (κ2) is 6.60. The molecule has 1 aromatic carbocycles. The molecule has 3 aliphatic rings. The predicted molar refractivity (Wildman–Crippen MR) is 98.9 cm³/mol. The van der Waals surface area contributed by atoms with E-state index >= 15 is 0 Å². The summed E-state index contributed by atoms with van der Waals surface area (Å²) >= 11 is 5.98. The highest BCUT2D eigenvalue weighted by Crippen LogP contribution is 2.47. The van der Waals surface area contributed by atoms with Crippen LogP contribution in [0.1, 0.15) is 30.1 Å². The second-order valence-corrected chi connectivity index (χ2v) is 7.77. The van der Waals surface area contributed by atoms with Gasteiger partial charge in [0.15, 0.2) is 5.82 Å². The van der Waals surface area contributed by atoms with Crippen LogP contribution in [-0.2, 0) is 15.9 Å². The van der Waals surface area contributed by atoms with Crippen molar-refractivity contribution < 1.29 is 19.7 Å². The maximum Gasteiger partial charge on any atom is 0.155 e. The van der Waals surface area contributed by atoms with Crippen LogP contribution >= 0.6 is 11.6 Å². The molecule has 0 radical (unpaired) electrons. The Morgan fingerprint density at radius 3 is 2.85 bits per heavy atom. The lowest BCUT2D eigenvalue weighted by Crippen LogP contribution is -2.33. The van der Waals surface area contributed by atoms with Gasteiger partial charge in [-0.25, -0.2) is 0 Å². The maximum atomic E-state index is 10.4. The van der Waals surface area contributed by atoms with E-state index in [1.807, 2.05) is 0 Å². The molecule has 4 heterocycles. The Kier molecular flexibility index (Phi) is 4.20. The third-order valence-corrected chi connectivity index (χ3v) is 5.80. The topological polar surface area (TPSA) is 96.7 Å². The molecule has 3 N–H and O–H groups in total. The van der Waals surface area contributed by atoms with Gasteiger partial charge in [-0.05, 0) is 36.6 Å². The first-order valence-corrected chi connectivity index (χ1v) is 9.54. The van der Waals surface area contributed by atoms with E-state index < -0.39 is 6.10 Å². The zero-order valence-electron chi connectivity index (χ0n) is 14.6. The molecule has 27 heavy (non-hydrogen) atoms. The van der Waals surface area contributed by atoms with E-state index in [1.165, 1.54) is 6.07 Å². The van der Waals surface area contributed by atoms with Gasteiger partial charge in [0.05, 0.1) is 37.6 Å². The first-order valence-electron chi connectivity index (χ1n) is 9.16. The molecule has 4 atom stereocenters. The number of nitrogens with one attached hydrogen (secondary N) is 1. The SMILES string of the molecule is Oc1cc(Cl)ccc1-c1nnc(N[C@H]2COC[C@@H]2O)c2c1C[C@H]1CC[C@@H]2O1. The molecule has 7 nitrogen and oxygen atoms in total. The second-order valence-electron chi connectivity index (χ2n) is 7.33. The van der Waals surface area contributed by atoms with Crippen LogP contribution in [0.15, 0.2) is 18.2 Å². The molecule has 2 aromatic rings. The van der Waals surface area contributed by atoms with Crippen molar-refractivity contribution in [3.63, 3.8) is 0 Å². The van der Waals surface area contributed by atoms with E-state index in [9.17, 15) is 10.2 Å². The van der Waals surface area contributed by atoms with Crippen LogP contribution in [-0.4, -0.2) is 51.9 Å². The Morgan fingerprint density at radius 2 is 2.07 bits per heavy atom. The van der Waals surface area contributed by atoms with E-state index in [2.05, 4.69) is 15.5 Å². The largest absolute Gasteiger partial charge is 0.507 e. The Balaban J connectivity index is 1.61. The predicted octanol–water partition coefficient (Wildman–Crippen LogP) is 2.45. The summed E-state index contributed by atoms with van der Waals surface area (Å²) in [7, 11) is 0. The van der Waals surface area contributed by atoms with E-state index in [1.54, 1.807) is 12.1 Å². The van der Waals surface area contributed by atoms with Crippen LogP contribution in [0.3, 0.4) is 0 Å². The average Bonchev–Trinajstić information content (AvgIpc) is 3.22. The number of halogens is 1. The number of aliphatic hydroxyl groups excluding tert-OH is 1. The monoisotopic (exact) mass is 389 g/mol. The smallest absolute Gasteiger partial charge is 0.155 e. The Morgan fingerprint density at radius 1 is 1.19 bits per heavy atom. The molecule has 2 fully saturated rings. The normalized spacial score (nSPS) is 29.0. The Hall–Kier alpha value is -1.93. The number of ether oxygens (including phenoxy) is 2. The third-order valence-electron chi connectivity index (χ3n) is 5.56. The molecule has 142 valence electrons. The van der Waals surface area contributed by atoms with Crippen LogP contribution in [0.2, 0.25) is 5.02 Å². The van der Waals surface area contributed by atoms with Crippen molar-refractivity contribution in [2.24, 2.45) is 0 Å².